The van der Waals surface area contributed by atoms with E-state index in [1.165, 1.54) is 0 Å². The highest BCUT2D eigenvalue weighted by molar-refractivity contribution is 5.85. The molecule has 0 aliphatic carbocycles. The normalized spacial score (nSPS) is 11.0. The van der Waals surface area contributed by atoms with Crippen LogP contribution in [-0.2, 0) is 17.9 Å². The Kier molecular flexibility index (Phi) is 7.95. The molecule has 0 atom stereocenters. The van der Waals surface area contributed by atoms with Gasteiger partial charge in [-0.1, -0.05) is 38.1 Å². The molecule has 0 bridgehead atoms. The molecule has 0 aliphatic rings. The molecule has 0 radical (unpaired) electrons. The fourth-order valence-electron chi connectivity index (χ4n) is 2.77. The number of rotatable bonds is 8. The first-order valence-corrected chi connectivity index (χ1v) is 8.17. The van der Waals surface area contributed by atoms with Crippen molar-refractivity contribution < 1.29 is 4.79 Å². The number of nitrogens with zero attached hydrogens (tertiary/aromatic N) is 2. The van der Waals surface area contributed by atoms with Crippen LogP contribution in [0.25, 0.3) is 0 Å². The van der Waals surface area contributed by atoms with Gasteiger partial charge in [-0.15, -0.1) is 12.4 Å². The predicted octanol–water partition coefficient (Wildman–Crippen LogP) is 2.73. The van der Waals surface area contributed by atoms with Crippen LogP contribution in [0.2, 0.25) is 0 Å². The van der Waals surface area contributed by atoms with Crippen LogP contribution in [0.5, 0.6) is 0 Å². The number of hydrogen-bond acceptors (Lipinski definition) is 3. The molecule has 1 amide bonds. The Balaban J connectivity index is 0.00000288. The van der Waals surface area contributed by atoms with E-state index in [1.807, 2.05) is 49.0 Å². The van der Waals surface area contributed by atoms with E-state index in [0.717, 1.165) is 24.0 Å². The van der Waals surface area contributed by atoms with Crippen LogP contribution >= 0.6 is 12.4 Å². The largest absolute Gasteiger partial charge is 0.351 e. The van der Waals surface area contributed by atoms with Crippen molar-refractivity contribution in [3.8, 4) is 0 Å². The number of aromatic nitrogens is 2. The lowest BCUT2D eigenvalue weighted by molar-refractivity contribution is -0.131. The number of carbonyl (C=O) groups is 1. The second-order valence-corrected chi connectivity index (χ2v) is 5.85. The molecule has 5 nitrogen and oxygen atoms in total. The highest BCUT2D eigenvalue weighted by atomic mass is 35.5. The summed E-state index contributed by atoms with van der Waals surface area (Å²) in [6.07, 6.45) is 5.20. The molecular weight excluding hydrogens is 324 g/mol. The Morgan fingerprint density at radius 2 is 1.88 bits per heavy atom. The lowest BCUT2D eigenvalue weighted by Gasteiger charge is -2.28. The minimum atomic E-state index is -0.461. The van der Waals surface area contributed by atoms with Gasteiger partial charge in [0.2, 0.25) is 5.91 Å². The molecule has 24 heavy (non-hydrogen) atoms. The first-order valence-electron chi connectivity index (χ1n) is 8.17. The summed E-state index contributed by atoms with van der Waals surface area (Å²) in [7, 11) is 0. The van der Waals surface area contributed by atoms with Crippen molar-refractivity contribution >= 4 is 18.3 Å². The van der Waals surface area contributed by atoms with Crippen molar-refractivity contribution in [3.63, 3.8) is 0 Å². The maximum Gasteiger partial charge on any atom is 0.227 e. The van der Waals surface area contributed by atoms with Gasteiger partial charge in [0.25, 0.3) is 0 Å². The number of carbonyl (C=O) groups excluding carboxylic acids is 1. The molecule has 2 aromatic rings. The van der Waals surface area contributed by atoms with Gasteiger partial charge in [-0.05, 0) is 30.0 Å². The zero-order chi connectivity index (χ0) is 16.7. The first-order chi connectivity index (χ1) is 11.1. The molecular formula is C18H27ClN4O. The summed E-state index contributed by atoms with van der Waals surface area (Å²) in [6, 6.07) is 10.0. The summed E-state index contributed by atoms with van der Waals surface area (Å²) in [5.74, 6) is 0.0406. The number of amides is 1. The molecule has 0 aliphatic heterocycles. The summed E-state index contributed by atoms with van der Waals surface area (Å²) in [5, 5.41) is 7.30. The smallest absolute Gasteiger partial charge is 0.227 e. The zero-order valence-corrected chi connectivity index (χ0v) is 15.2. The Labute approximate surface area is 150 Å². The van der Waals surface area contributed by atoms with E-state index in [4.69, 9.17) is 5.73 Å². The van der Waals surface area contributed by atoms with E-state index in [-0.39, 0.29) is 18.3 Å². The van der Waals surface area contributed by atoms with E-state index in [0.29, 0.717) is 19.6 Å². The average Bonchev–Trinajstić information content (AvgIpc) is 3.09. The molecule has 0 spiro atoms. The minimum absolute atomic E-state index is 0. The Hall–Kier alpha value is -1.85. The SMILES string of the molecule is CCC(CC)(CN)C(=O)NCc1ccccc1Cn1cccn1.Cl. The standard InChI is InChI=1S/C18H26N4O.ClH/c1-3-18(4-2,14-19)17(23)20-12-15-8-5-6-9-16(15)13-22-11-7-10-21-22;/h5-11H,3-4,12-14,19H2,1-2H3,(H,20,23);1H. The quantitative estimate of drug-likeness (QED) is 0.768. The summed E-state index contributed by atoms with van der Waals surface area (Å²) in [6.45, 7) is 5.62. The molecule has 1 aromatic carbocycles. The Morgan fingerprint density at radius 1 is 1.21 bits per heavy atom. The van der Waals surface area contributed by atoms with Crippen molar-refractivity contribution in [1.29, 1.82) is 0 Å². The van der Waals surface area contributed by atoms with Gasteiger partial charge in [-0.3, -0.25) is 9.48 Å². The summed E-state index contributed by atoms with van der Waals surface area (Å²) in [5.41, 5.74) is 7.65. The van der Waals surface area contributed by atoms with Crippen LogP contribution in [0.4, 0.5) is 0 Å². The van der Waals surface area contributed by atoms with E-state index >= 15 is 0 Å². The number of benzene rings is 1. The van der Waals surface area contributed by atoms with Gasteiger partial charge in [0.15, 0.2) is 0 Å². The average molecular weight is 351 g/mol. The molecule has 0 saturated heterocycles. The maximum absolute atomic E-state index is 12.6. The van der Waals surface area contributed by atoms with Crippen LogP contribution in [0, 0.1) is 5.41 Å². The second-order valence-electron chi connectivity index (χ2n) is 5.85. The number of nitrogens with two attached hydrogens (primary N) is 1. The molecule has 1 heterocycles. The van der Waals surface area contributed by atoms with E-state index in [9.17, 15) is 4.79 Å². The van der Waals surface area contributed by atoms with Gasteiger partial charge in [-0.2, -0.15) is 5.10 Å². The van der Waals surface area contributed by atoms with Crippen LogP contribution < -0.4 is 11.1 Å². The summed E-state index contributed by atoms with van der Waals surface area (Å²) < 4.78 is 1.88. The van der Waals surface area contributed by atoms with E-state index < -0.39 is 5.41 Å². The maximum atomic E-state index is 12.6. The van der Waals surface area contributed by atoms with Gasteiger partial charge < -0.3 is 11.1 Å². The highest BCUT2D eigenvalue weighted by Gasteiger charge is 2.32. The van der Waals surface area contributed by atoms with Crippen molar-refractivity contribution in [2.75, 3.05) is 6.54 Å². The van der Waals surface area contributed by atoms with Crippen molar-refractivity contribution in [1.82, 2.24) is 15.1 Å². The molecule has 3 N–H and O–H groups in total. The van der Waals surface area contributed by atoms with Crippen LogP contribution in [0.1, 0.15) is 37.8 Å². The molecule has 132 valence electrons. The van der Waals surface area contributed by atoms with Crippen LogP contribution in [0.15, 0.2) is 42.7 Å². The molecule has 6 heteroatoms. The zero-order valence-electron chi connectivity index (χ0n) is 14.4. The third-order valence-corrected chi connectivity index (χ3v) is 4.68. The third kappa shape index (κ3) is 4.58. The fraction of sp³-hybridized carbons (Fsp3) is 0.444. The minimum Gasteiger partial charge on any atom is -0.351 e. The lowest BCUT2D eigenvalue weighted by Crippen LogP contribution is -2.45. The number of halogens is 1. The van der Waals surface area contributed by atoms with Gasteiger partial charge >= 0.3 is 0 Å². The van der Waals surface area contributed by atoms with E-state index in [2.05, 4.69) is 16.5 Å². The van der Waals surface area contributed by atoms with Crippen molar-refractivity contribution in [2.24, 2.45) is 11.1 Å². The number of hydrogen-bond donors (Lipinski definition) is 2. The Morgan fingerprint density at radius 3 is 2.42 bits per heavy atom. The third-order valence-electron chi connectivity index (χ3n) is 4.68. The van der Waals surface area contributed by atoms with Gasteiger partial charge in [0.05, 0.1) is 12.0 Å². The lowest BCUT2D eigenvalue weighted by atomic mass is 9.81. The molecule has 0 saturated carbocycles. The second kappa shape index (κ2) is 9.45. The highest BCUT2D eigenvalue weighted by Crippen LogP contribution is 2.25. The van der Waals surface area contributed by atoms with E-state index in [1.54, 1.807) is 6.20 Å². The van der Waals surface area contributed by atoms with Crippen LogP contribution in [0.3, 0.4) is 0 Å². The first kappa shape index (κ1) is 20.2. The summed E-state index contributed by atoms with van der Waals surface area (Å²) in [4.78, 5) is 12.6. The van der Waals surface area contributed by atoms with Gasteiger partial charge in [0.1, 0.15) is 0 Å². The topological polar surface area (TPSA) is 72.9 Å². The van der Waals surface area contributed by atoms with Crippen molar-refractivity contribution in [3.05, 3.63) is 53.9 Å². The fourth-order valence-corrected chi connectivity index (χ4v) is 2.77. The Bertz CT molecular complexity index is 615. The number of nitrogens with one attached hydrogen (secondary N) is 1. The van der Waals surface area contributed by atoms with Crippen LogP contribution in [-0.4, -0.2) is 22.2 Å². The molecule has 2 rings (SSSR count). The monoisotopic (exact) mass is 350 g/mol. The molecule has 0 fully saturated rings. The van der Waals surface area contributed by atoms with Crippen molar-refractivity contribution in [2.45, 2.75) is 39.8 Å². The molecule has 1 aromatic heterocycles. The van der Waals surface area contributed by atoms with Gasteiger partial charge in [0, 0.05) is 25.5 Å². The van der Waals surface area contributed by atoms with Gasteiger partial charge in [-0.25, -0.2) is 0 Å². The summed E-state index contributed by atoms with van der Waals surface area (Å²) >= 11 is 0. The molecule has 0 unspecified atom stereocenters. The predicted molar refractivity (Wildman–Crippen MR) is 98.9 cm³/mol.